The van der Waals surface area contributed by atoms with Gasteiger partial charge in [-0.25, -0.2) is 0 Å². The molecule has 2 saturated heterocycles. The van der Waals surface area contributed by atoms with Gasteiger partial charge in [0.25, 0.3) is 0 Å². The third-order valence-electron chi connectivity index (χ3n) is 4.39. The number of rotatable bonds is 4. The SMILES string of the molecule is CC(C)N1CCN(CC[C@H]2CCCNC2)CC1. The molecule has 3 nitrogen and oxygen atoms in total. The zero-order chi connectivity index (χ0) is 12.1. The second-order valence-corrected chi connectivity index (χ2v) is 5.97. The van der Waals surface area contributed by atoms with Crippen LogP contribution in [0.15, 0.2) is 0 Å². The van der Waals surface area contributed by atoms with Gasteiger partial charge in [0.05, 0.1) is 0 Å². The average Bonchev–Trinajstić information content (AvgIpc) is 2.38. The molecule has 100 valence electrons. The Balaban J connectivity index is 1.61. The van der Waals surface area contributed by atoms with E-state index in [1.165, 1.54) is 65.1 Å². The number of hydrogen-bond acceptors (Lipinski definition) is 3. The molecule has 0 spiro atoms. The molecule has 3 heteroatoms. The van der Waals surface area contributed by atoms with Gasteiger partial charge >= 0.3 is 0 Å². The standard InChI is InChI=1S/C14H29N3/c1-13(2)17-10-8-16(9-11-17)7-5-14-4-3-6-15-12-14/h13-15H,3-12H2,1-2H3/t14-/m1/s1. The molecule has 0 aromatic heterocycles. The number of nitrogens with one attached hydrogen (secondary N) is 1. The highest BCUT2D eigenvalue weighted by Crippen LogP contribution is 2.15. The summed E-state index contributed by atoms with van der Waals surface area (Å²) in [6.45, 7) is 13.5. The van der Waals surface area contributed by atoms with Crippen LogP contribution >= 0.6 is 0 Å². The summed E-state index contributed by atoms with van der Waals surface area (Å²) in [5.41, 5.74) is 0. The Bertz CT molecular complexity index is 204. The van der Waals surface area contributed by atoms with E-state index in [9.17, 15) is 0 Å². The topological polar surface area (TPSA) is 18.5 Å². The molecular formula is C14H29N3. The second-order valence-electron chi connectivity index (χ2n) is 5.97. The lowest BCUT2D eigenvalue weighted by Crippen LogP contribution is -2.49. The normalized spacial score (nSPS) is 28.8. The van der Waals surface area contributed by atoms with Crippen LogP contribution in [-0.2, 0) is 0 Å². The molecule has 0 amide bonds. The van der Waals surface area contributed by atoms with Crippen LogP contribution in [0.4, 0.5) is 0 Å². The van der Waals surface area contributed by atoms with E-state index in [2.05, 4.69) is 29.0 Å². The summed E-state index contributed by atoms with van der Waals surface area (Å²) in [4.78, 5) is 5.26. The van der Waals surface area contributed by atoms with Crippen LogP contribution < -0.4 is 5.32 Å². The largest absolute Gasteiger partial charge is 0.316 e. The molecule has 2 fully saturated rings. The molecule has 0 bridgehead atoms. The van der Waals surface area contributed by atoms with Crippen molar-refractivity contribution in [1.82, 2.24) is 15.1 Å². The number of hydrogen-bond donors (Lipinski definition) is 1. The smallest absolute Gasteiger partial charge is 0.0113 e. The maximum Gasteiger partial charge on any atom is 0.0113 e. The van der Waals surface area contributed by atoms with Crippen molar-refractivity contribution in [2.75, 3.05) is 45.8 Å². The van der Waals surface area contributed by atoms with Gasteiger partial charge in [-0.15, -0.1) is 0 Å². The predicted molar refractivity (Wildman–Crippen MR) is 73.4 cm³/mol. The first-order valence-electron chi connectivity index (χ1n) is 7.43. The third kappa shape index (κ3) is 4.23. The van der Waals surface area contributed by atoms with Gasteiger partial charge in [0, 0.05) is 32.2 Å². The Morgan fingerprint density at radius 2 is 1.94 bits per heavy atom. The average molecular weight is 239 g/mol. The van der Waals surface area contributed by atoms with Crippen molar-refractivity contribution in [2.24, 2.45) is 5.92 Å². The Morgan fingerprint density at radius 3 is 2.53 bits per heavy atom. The monoisotopic (exact) mass is 239 g/mol. The van der Waals surface area contributed by atoms with Crippen molar-refractivity contribution in [2.45, 2.75) is 39.2 Å². The number of piperazine rings is 1. The Kier molecular flexibility index (Phi) is 5.26. The van der Waals surface area contributed by atoms with E-state index in [1.54, 1.807) is 0 Å². The van der Waals surface area contributed by atoms with E-state index in [0.717, 1.165) is 12.0 Å². The van der Waals surface area contributed by atoms with Gasteiger partial charge in [0.2, 0.25) is 0 Å². The maximum atomic E-state index is 3.52. The van der Waals surface area contributed by atoms with Crippen molar-refractivity contribution < 1.29 is 0 Å². The summed E-state index contributed by atoms with van der Waals surface area (Å²) >= 11 is 0. The fourth-order valence-electron chi connectivity index (χ4n) is 3.04. The van der Waals surface area contributed by atoms with Gasteiger partial charge in [0.15, 0.2) is 0 Å². The molecule has 1 N–H and O–H groups in total. The summed E-state index contributed by atoms with van der Waals surface area (Å²) in [5.74, 6) is 0.937. The van der Waals surface area contributed by atoms with Crippen molar-refractivity contribution in [1.29, 1.82) is 0 Å². The Labute approximate surface area is 107 Å². The van der Waals surface area contributed by atoms with E-state index in [-0.39, 0.29) is 0 Å². The molecule has 0 aliphatic carbocycles. The zero-order valence-corrected chi connectivity index (χ0v) is 11.6. The van der Waals surface area contributed by atoms with Gasteiger partial charge in [0.1, 0.15) is 0 Å². The second kappa shape index (κ2) is 6.72. The molecule has 0 radical (unpaired) electrons. The summed E-state index contributed by atoms with van der Waals surface area (Å²) in [5, 5.41) is 3.52. The van der Waals surface area contributed by atoms with Crippen LogP contribution in [0.25, 0.3) is 0 Å². The summed E-state index contributed by atoms with van der Waals surface area (Å²) in [6, 6.07) is 0.722. The zero-order valence-electron chi connectivity index (χ0n) is 11.6. The summed E-state index contributed by atoms with van der Waals surface area (Å²) < 4.78 is 0. The first-order valence-corrected chi connectivity index (χ1v) is 7.43. The highest BCUT2D eigenvalue weighted by molar-refractivity contribution is 4.76. The van der Waals surface area contributed by atoms with Crippen LogP contribution in [0, 0.1) is 5.92 Å². The van der Waals surface area contributed by atoms with E-state index in [4.69, 9.17) is 0 Å². The van der Waals surface area contributed by atoms with E-state index in [1.807, 2.05) is 0 Å². The van der Waals surface area contributed by atoms with Crippen LogP contribution in [-0.4, -0.2) is 61.7 Å². The highest BCUT2D eigenvalue weighted by atomic mass is 15.3. The predicted octanol–water partition coefficient (Wildman–Crippen LogP) is 1.40. The van der Waals surface area contributed by atoms with Crippen LogP contribution in [0.3, 0.4) is 0 Å². The minimum absolute atomic E-state index is 0.722. The maximum absolute atomic E-state index is 3.52. The quantitative estimate of drug-likeness (QED) is 0.800. The van der Waals surface area contributed by atoms with Gasteiger partial charge in [-0.1, -0.05) is 0 Å². The lowest BCUT2D eigenvalue weighted by molar-refractivity contribution is 0.103. The van der Waals surface area contributed by atoms with E-state index < -0.39 is 0 Å². The molecule has 0 aromatic rings. The fourth-order valence-corrected chi connectivity index (χ4v) is 3.04. The van der Waals surface area contributed by atoms with Crippen LogP contribution in [0.1, 0.15) is 33.1 Å². The van der Waals surface area contributed by atoms with E-state index >= 15 is 0 Å². The molecule has 0 unspecified atom stereocenters. The van der Waals surface area contributed by atoms with Gasteiger partial charge in [-0.2, -0.15) is 0 Å². The van der Waals surface area contributed by atoms with Crippen molar-refractivity contribution >= 4 is 0 Å². The van der Waals surface area contributed by atoms with Gasteiger partial charge in [-0.3, -0.25) is 4.90 Å². The summed E-state index contributed by atoms with van der Waals surface area (Å²) in [6.07, 6.45) is 4.22. The first kappa shape index (κ1) is 13.3. The minimum atomic E-state index is 0.722. The first-order chi connectivity index (χ1) is 8.25. The lowest BCUT2D eigenvalue weighted by atomic mass is 9.96. The molecule has 0 saturated carbocycles. The van der Waals surface area contributed by atoms with Gasteiger partial charge in [-0.05, 0) is 58.7 Å². The lowest BCUT2D eigenvalue weighted by Gasteiger charge is -2.37. The van der Waals surface area contributed by atoms with Crippen LogP contribution in [0.5, 0.6) is 0 Å². The van der Waals surface area contributed by atoms with Crippen molar-refractivity contribution in [3.8, 4) is 0 Å². The molecule has 0 aromatic carbocycles. The molecule has 17 heavy (non-hydrogen) atoms. The minimum Gasteiger partial charge on any atom is -0.316 e. The molecule has 2 aliphatic heterocycles. The third-order valence-corrected chi connectivity index (χ3v) is 4.39. The van der Waals surface area contributed by atoms with E-state index in [0.29, 0.717) is 0 Å². The molecule has 2 aliphatic rings. The number of piperidine rings is 1. The Hall–Kier alpha value is -0.120. The fraction of sp³-hybridized carbons (Fsp3) is 1.00. The number of nitrogens with zero attached hydrogens (tertiary/aromatic N) is 2. The Morgan fingerprint density at radius 1 is 1.18 bits per heavy atom. The molecule has 1 atom stereocenters. The van der Waals surface area contributed by atoms with Crippen LogP contribution in [0.2, 0.25) is 0 Å². The van der Waals surface area contributed by atoms with Gasteiger partial charge < -0.3 is 10.2 Å². The molecule has 2 heterocycles. The summed E-state index contributed by atoms with van der Waals surface area (Å²) in [7, 11) is 0. The molecular weight excluding hydrogens is 210 g/mol. The van der Waals surface area contributed by atoms with Crippen molar-refractivity contribution in [3.05, 3.63) is 0 Å². The highest BCUT2D eigenvalue weighted by Gasteiger charge is 2.20. The molecule has 2 rings (SSSR count). The van der Waals surface area contributed by atoms with Crippen molar-refractivity contribution in [3.63, 3.8) is 0 Å².